The van der Waals surface area contributed by atoms with Gasteiger partial charge in [0.15, 0.2) is 0 Å². The zero-order valence-electron chi connectivity index (χ0n) is 47.0. The quantitative estimate of drug-likeness (QED) is 0.149. The monoisotopic (exact) mass is 979 g/mol. The predicted molar refractivity (Wildman–Crippen MR) is 312 cm³/mol. The first-order valence-electron chi connectivity index (χ1n) is 28.3. The van der Waals surface area contributed by atoms with Gasteiger partial charge in [-0.25, -0.2) is 4.98 Å². The van der Waals surface area contributed by atoms with E-state index in [4.69, 9.17) is 13.8 Å². The molecule has 2 aliphatic carbocycles. The predicted octanol–water partition coefficient (Wildman–Crippen LogP) is 17.8. The molecule has 10 aromatic carbocycles. The molecule has 76 heavy (non-hydrogen) atoms. The van der Waals surface area contributed by atoms with Gasteiger partial charge in [-0.05, 0) is 130 Å². The van der Waals surface area contributed by atoms with E-state index in [9.17, 15) is 2.74 Å². The zero-order valence-corrected chi connectivity index (χ0v) is 42.0. The molecule has 3 heterocycles. The van der Waals surface area contributed by atoms with Crippen molar-refractivity contribution in [3.63, 3.8) is 0 Å². The first-order chi connectivity index (χ1) is 39.4. The molecule has 12 aromatic rings. The van der Waals surface area contributed by atoms with Gasteiger partial charge < -0.3 is 4.74 Å². The van der Waals surface area contributed by atoms with E-state index >= 15 is 0 Å². The Morgan fingerprint density at radius 1 is 0.487 bits per heavy atom. The Morgan fingerprint density at radius 2 is 1.08 bits per heavy atom. The Morgan fingerprint density at radius 3 is 1.82 bits per heavy atom. The second-order valence-electron chi connectivity index (χ2n) is 20.9. The zero-order chi connectivity index (χ0) is 55.1. The largest absolute Gasteiger partial charge is 0.503 e. The Kier molecular flexibility index (Phi) is 8.53. The van der Waals surface area contributed by atoms with Gasteiger partial charge in [0.2, 0.25) is 11.4 Å². The van der Waals surface area contributed by atoms with Crippen molar-refractivity contribution in [3.8, 4) is 61.8 Å². The van der Waals surface area contributed by atoms with Gasteiger partial charge in [-0.15, -0.1) is 0 Å². The fraction of sp³-hybridized carbons (Fsp3) is 0.0704. The lowest BCUT2D eigenvalue weighted by atomic mass is 9.70. The summed E-state index contributed by atoms with van der Waals surface area (Å²) in [6, 6.07) is 75.5. The smallest absolute Gasteiger partial charge is 0.457 e. The molecule has 0 bridgehead atoms. The van der Waals surface area contributed by atoms with Crippen LogP contribution in [0, 0.1) is 0 Å². The molecule has 0 unspecified atom stereocenters. The molecule has 1 aliphatic heterocycles. The normalized spacial score (nSPS) is 14.4. The number of hydrogen-bond acceptors (Lipinski definition) is 2. The fourth-order valence-corrected chi connectivity index (χ4v) is 12.4. The highest BCUT2D eigenvalue weighted by molar-refractivity contribution is 6.09. The molecule has 15 rings (SSSR count). The topological polar surface area (TPSA) is 33.1 Å². The third-order valence-electron chi connectivity index (χ3n) is 15.7. The van der Waals surface area contributed by atoms with E-state index in [1.165, 1.54) is 38.9 Å². The minimum absolute atomic E-state index is 0.0648. The third-order valence-corrected chi connectivity index (χ3v) is 15.7. The van der Waals surface area contributed by atoms with E-state index in [0.717, 1.165) is 66.9 Å². The van der Waals surface area contributed by atoms with Crippen LogP contribution in [0.15, 0.2) is 249 Å². The van der Waals surface area contributed by atoms with Gasteiger partial charge in [0.05, 0.1) is 40.5 Å². The molecule has 358 valence electrons. The molecule has 5 heteroatoms. The van der Waals surface area contributed by atoms with Crippen molar-refractivity contribution in [1.82, 2.24) is 18.7 Å². The van der Waals surface area contributed by atoms with Crippen molar-refractivity contribution in [2.24, 2.45) is 0 Å². The average molecular weight is 980 g/mol. The fourth-order valence-electron chi connectivity index (χ4n) is 12.4. The first-order valence-corrected chi connectivity index (χ1v) is 25.8. The van der Waals surface area contributed by atoms with Gasteiger partial charge in [0.25, 0.3) is 11.4 Å². The molecular formula is C71H50N4O+2. The molecule has 0 radical (unpaired) electrons. The molecular weight excluding hydrogens is 925 g/mol. The number of ether oxygens (including phenoxy) is 1. The summed E-state index contributed by atoms with van der Waals surface area (Å²) in [4.78, 5) is 4.89. The minimum atomic E-state index is -0.535. The van der Waals surface area contributed by atoms with Crippen LogP contribution in [0.2, 0.25) is 0 Å². The highest BCUT2D eigenvalue weighted by atomic mass is 16.5. The van der Waals surface area contributed by atoms with Crippen molar-refractivity contribution < 1.29 is 11.6 Å². The second kappa shape index (κ2) is 16.7. The number of aromatic nitrogens is 2. The summed E-state index contributed by atoms with van der Waals surface area (Å²) in [5.41, 5.74) is 17.5. The van der Waals surface area contributed by atoms with Crippen LogP contribution in [-0.4, -0.2) is 15.6 Å². The van der Waals surface area contributed by atoms with Gasteiger partial charge in [-0.2, -0.15) is 0 Å². The number of nitrogens with zero attached hydrogens (tertiary/aromatic N) is 4. The van der Waals surface area contributed by atoms with Crippen LogP contribution in [0.4, 0.5) is 22.7 Å². The lowest BCUT2D eigenvalue weighted by molar-refractivity contribution is 0.483. The van der Waals surface area contributed by atoms with E-state index in [0.29, 0.717) is 22.7 Å². The van der Waals surface area contributed by atoms with E-state index < -0.39 is 23.5 Å². The van der Waals surface area contributed by atoms with E-state index in [1.807, 2.05) is 82.1 Å². The van der Waals surface area contributed by atoms with Gasteiger partial charge in [0, 0.05) is 41.2 Å². The molecule has 1 spiro atoms. The molecule has 0 saturated heterocycles. The second-order valence-corrected chi connectivity index (χ2v) is 20.9. The van der Waals surface area contributed by atoms with Gasteiger partial charge >= 0.3 is 6.01 Å². The highest BCUT2D eigenvalue weighted by Crippen LogP contribution is 2.63. The molecule has 5 nitrogen and oxygen atoms in total. The maximum atomic E-state index is 9.36. The van der Waals surface area contributed by atoms with Crippen LogP contribution in [0.25, 0.3) is 72.1 Å². The van der Waals surface area contributed by atoms with Crippen molar-refractivity contribution in [3.05, 3.63) is 277 Å². The summed E-state index contributed by atoms with van der Waals surface area (Å²) in [6.45, 7) is 6.64. The van der Waals surface area contributed by atoms with Crippen LogP contribution < -0.4 is 13.9 Å². The molecule has 0 saturated carbocycles. The lowest BCUT2D eigenvalue weighted by Gasteiger charge is -2.30. The van der Waals surface area contributed by atoms with Crippen molar-refractivity contribution >= 4 is 50.6 Å². The SMILES string of the molecule is [2H]c1c([2H])c([2H])c(-c2cccc(-c3ccc4c(c3)-c3ccccc3C43c4ccccc4-c4ccccc43)c2[N+]2=C=[N+](c3cccc(Oc4ccc5c6ccccc6n(-c6cc(C(C)(C)C)ccn6)c5c4)c3)c3ccccc32)c([2H])c1[2H]. The van der Waals surface area contributed by atoms with Gasteiger partial charge in [-0.1, -0.05) is 178 Å². The first kappa shape index (κ1) is 38.9. The Hall–Kier alpha value is -9.67. The number of pyridine rings is 1. The standard InChI is InChI=1S/C71H50N4O/c1-70(2,3)48-39-40-72-68(42-48)75-64-32-14-10-26-57(64)58-37-36-51(44-67(58)75)76-50-22-17-21-49(43-50)73-45-74(66-34-16-15-33-65(66)73)69-52(46-19-5-4-6-20-46)27-18-28-53(69)47-35-38-63-59(41-47)56-25-9-13-31-62(56)71(63)60-29-11-7-23-54(60)55-24-8-12-30-61(55)71/h4-44H,1-3H3/q+2/i4D,5D,6D,19D,20D. The van der Waals surface area contributed by atoms with Crippen LogP contribution in [-0.2, 0) is 10.8 Å². The van der Waals surface area contributed by atoms with Crippen LogP contribution in [0.1, 0.15) is 55.4 Å². The molecule has 0 N–H and O–H groups in total. The Labute approximate surface area is 448 Å². The summed E-state index contributed by atoms with van der Waals surface area (Å²) in [6.07, 6.45) is 1.89. The van der Waals surface area contributed by atoms with Crippen molar-refractivity contribution in [1.29, 1.82) is 0 Å². The summed E-state index contributed by atoms with van der Waals surface area (Å²) in [7, 11) is 0. The van der Waals surface area contributed by atoms with E-state index in [-0.39, 0.29) is 23.1 Å². The van der Waals surface area contributed by atoms with Crippen LogP contribution >= 0.6 is 0 Å². The molecule has 0 atom stereocenters. The Balaban J connectivity index is 0.908. The average Bonchev–Trinajstić information content (AvgIpc) is 1.79. The lowest BCUT2D eigenvalue weighted by Crippen LogP contribution is -2.25. The van der Waals surface area contributed by atoms with Gasteiger partial charge in [-0.3, -0.25) is 4.57 Å². The molecule has 0 amide bonds. The maximum absolute atomic E-state index is 9.36. The van der Waals surface area contributed by atoms with E-state index in [1.54, 1.807) is 0 Å². The molecule has 3 aliphatic rings. The van der Waals surface area contributed by atoms with Gasteiger partial charge in [0.1, 0.15) is 17.3 Å². The number of hydrogen-bond donors (Lipinski definition) is 0. The maximum Gasteiger partial charge on any atom is 0.503 e. The highest BCUT2D eigenvalue weighted by Gasteiger charge is 2.51. The third kappa shape index (κ3) is 6.49. The number of benzene rings is 10. The summed E-state index contributed by atoms with van der Waals surface area (Å²) in [5.74, 6) is 2.11. The Bertz CT molecular complexity index is 4720. The van der Waals surface area contributed by atoms with E-state index in [2.05, 4.69) is 177 Å². The summed E-state index contributed by atoms with van der Waals surface area (Å²) < 4.78 is 58.0. The summed E-state index contributed by atoms with van der Waals surface area (Å²) in [5, 5.41) is 2.22. The number of rotatable bonds is 7. The van der Waals surface area contributed by atoms with Crippen LogP contribution in [0.3, 0.4) is 0 Å². The van der Waals surface area contributed by atoms with Crippen molar-refractivity contribution in [2.75, 3.05) is 0 Å². The van der Waals surface area contributed by atoms with Crippen LogP contribution in [0.5, 0.6) is 11.5 Å². The minimum Gasteiger partial charge on any atom is -0.457 e. The van der Waals surface area contributed by atoms with Crippen molar-refractivity contribution in [2.45, 2.75) is 31.6 Å². The molecule has 2 aromatic heterocycles. The number of fused-ring (bicyclic) bond motifs is 14. The molecule has 0 fully saturated rings. The number of para-hydroxylation sites is 4. The summed E-state index contributed by atoms with van der Waals surface area (Å²) >= 11 is 0.